The van der Waals surface area contributed by atoms with Gasteiger partial charge in [-0.1, -0.05) is 0 Å². The second-order valence-electron chi connectivity index (χ2n) is 3.67. The van der Waals surface area contributed by atoms with Crippen molar-refractivity contribution in [1.29, 1.82) is 0 Å². The Hall–Kier alpha value is -1.35. The molecule has 86 valence electrons. The van der Waals surface area contributed by atoms with Gasteiger partial charge in [-0.15, -0.1) is 0 Å². The van der Waals surface area contributed by atoms with Gasteiger partial charge >= 0.3 is 98.0 Å². The van der Waals surface area contributed by atoms with Crippen LogP contribution in [0.1, 0.15) is 0 Å². The standard InChI is InChI=1S/C12H9N3Se.ClH/c13-7-1-3-9-11(5-7)16-12-6-8(14)2-4-10(12)15-9;/h1-6,13H,14H2;1H. The first kappa shape index (κ1) is 12.1. The summed E-state index contributed by atoms with van der Waals surface area (Å²) < 4.78 is 2.45. The van der Waals surface area contributed by atoms with Gasteiger partial charge in [0.05, 0.1) is 0 Å². The maximum absolute atomic E-state index is 5.78. The van der Waals surface area contributed by atoms with Crippen LogP contribution < -0.4 is 28.9 Å². The summed E-state index contributed by atoms with van der Waals surface area (Å²) in [6, 6.07) is 11.7. The van der Waals surface area contributed by atoms with Crippen molar-refractivity contribution < 1.29 is 17.8 Å². The molecule has 0 atom stereocenters. The Balaban J connectivity index is 0.00000108. The van der Waals surface area contributed by atoms with Crippen molar-refractivity contribution in [1.82, 2.24) is 4.98 Å². The van der Waals surface area contributed by atoms with Crippen LogP contribution in [0.2, 0.25) is 0 Å². The van der Waals surface area contributed by atoms with E-state index in [9.17, 15) is 0 Å². The Morgan fingerprint density at radius 2 is 1.94 bits per heavy atom. The number of fused-ring (bicyclic) bond motifs is 2. The molecule has 0 amide bonds. The number of anilines is 1. The monoisotopic (exact) mass is 311 g/mol. The minimum atomic E-state index is 0. The maximum atomic E-state index is 5.78. The zero-order chi connectivity index (χ0) is 11.1. The third-order valence-corrected chi connectivity index (χ3v) is 4.72. The van der Waals surface area contributed by atoms with Crippen LogP contribution in [0.4, 0.5) is 5.69 Å². The molecule has 0 saturated carbocycles. The molecule has 1 aromatic rings. The van der Waals surface area contributed by atoms with Gasteiger partial charge in [0.25, 0.3) is 0 Å². The molecule has 0 radical (unpaired) electrons. The van der Waals surface area contributed by atoms with Gasteiger partial charge in [0.1, 0.15) is 0 Å². The molecule has 0 unspecified atom stereocenters. The summed E-state index contributed by atoms with van der Waals surface area (Å²) in [6.07, 6.45) is 0. The normalized spacial score (nSPS) is 10.4. The van der Waals surface area contributed by atoms with Gasteiger partial charge in [-0.25, -0.2) is 0 Å². The van der Waals surface area contributed by atoms with Crippen LogP contribution in [0.5, 0.6) is 0 Å². The number of hydrogen-bond acceptors (Lipinski definition) is 2. The van der Waals surface area contributed by atoms with Crippen molar-refractivity contribution >= 4 is 30.0 Å². The minimum absolute atomic E-state index is 0. The predicted octanol–water partition coefficient (Wildman–Crippen LogP) is -3.36. The summed E-state index contributed by atoms with van der Waals surface area (Å²) in [5, 5.41) is 6.57. The van der Waals surface area contributed by atoms with Crippen LogP contribution in [-0.4, -0.2) is 19.5 Å². The molecule has 1 aliphatic heterocycles. The molecular formula is C12H10ClN3Se. The van der Waals surface area contributed by atoms with Crippen molar-refractivity contribution in [3.8, 4) is 10.1 Å². The smallest absolute Gasteiger partial charge is 1.00 e. The summed E-state index contributed by atoms with van der Waals surface area (Å²) in [7, 11) is 0. The molecule has 0 saturated heterocycles. The van der Waals surface area contributed by atoms with E-state index >= 15 is 0 Å². The van der Waals surface area contributed by atoms with Crippen LogP contribution in [0, 0.1) is 0 Å². The van der Waals surface area contributed by atoms with E-state index in [4.69, 9.17) is 11.1 Å². The molecule has 0 fully saturated rings. The molecule has 1 aliphatic carbocycles. The first-order chi connectivity index (χ1) is 7.72. The quantitative estimate of drug-likeness (QED) is 0.259. The van der Waals surface area contributed by atoms with Crippen LogP contribution in [0.3, 0.4) is 0 Å². The molecule has 3 rings (SSSR count). The summed E-state index contributed by atoms with van der Waals surface area (Å²) in [6.45, 7) is 0. The molecule has 1 heterocycles. The second-order valence-corrected chi connectivity index (χ2v) is 5.94. The Morgan fingerprint density at radius 1 is 1.12 bits per heavy atom. The number of nitrogen functional groups attached to an aromatic ring is 1. The number of hydrogen-bond donors (Lipinski definition) is 2. The fourth-order valence-electron chi connectivity index (χ4n) is 1.66. The van der Waals surface area contributed by atoms with Crippen LogP contribution in [-0.2, 0) is 0 Å². The Labute approximate surface area is 110 Å². The third kappa shape index (κ3) is 2.20. The number of nitrogens with zero attached hydrogens (tertiary/aromatic N) is 1. The maximum Gasteiger partial charge on any atom is -1.00 e. The van der Waals surface area contributed by atoms with Crippen molar-refractivity contribution in [2.75, 3.05) is 5.73 Å². The van der Waals surface area contributed by atoms with E-state index in [1.807, 2.05) is 36.4 Å². The van der Waals surface area contributed by atoms with Crippen LogP contribution in [0.25, 0.3) is 19.9 Å². The molecule has 2 aliphatic rings. The molecule has 0 aromatic heterocycles. The van der Waals surface area contributed by atoms with Crippen molar-refractivity contribution in [3.05, 3.63) is 41.8 Å². The Bertz CT molecular complexity index is 708. The van der Waals surface area contributed by atoms with E-state index in [0.29, 0.717) is 0 Å². The van der Waals surface area contributed by atoms with Gasteiger partial charge in [-0.3, -0.25) is 0 Å². The SMILES string of the molecule is Nc1ccc2nc3ccc(=[NH2+])cc-3[se]c2c1.[Cl-]. The van der Waals surface area contributed by atoms with Crippen LogP contribution >= 0.6 is 0 Å². The molecule has 0 bridgehead atoms. The molecule has 4 N–H and O–H groups in total. The minimum Gasteiger partial charge on any atom is -1.00 e. The van der Waals surface area contributed by atoms with Gasteiger partial charge < -0.3 is 12.4 Å². The fourth-order valence-corrected chi connectivity index (χ4v) is 3.89. The summed E-state index contributed by atoms with van der Waals surface area (Å²) in [4.78, 5) is 4.60. The predicted molar refractivity (Wildman–Crippen MR) is 64.8 cm³/mol. The summed E-state index contributed by atoms with van der Waals surface area (Å²) in [5.74, 6) is 0. The summed E-state index contributed by atoms with van der Waals surface area (Å²) >= 11 is 0.247. The van der Waals surface area contributed by atoms with E-state index in [-0.39, 0.29) is 26.9 Å². The molecule has 1 aromatic carbocycles. The van der Waals surface area contributed by atoms with Crippen molar-refractivity contribution in [3.63, 3.8) is 0 Å². The number of nitrogens with two attached hydrogens (primary N) is 2. The average Bonchev–Trinajstić information content (AvgIpc) is 2.26. The fraction of sp³-hybridized carbons (Fsp3) is 0. The third-order valence-electron chi connectivity index (χ3n) is 2.43. The van der Waals surface area contributed by atoms with Gasteiger partial charge in [0, 0.05) is 0 Å². The number of aromatic nitrogens is 1. The van der Waals surface area contributed by atoms with Crippen LogP contribution in [0.15, 0.2) is 36.4 Å². The first-order valence-electron chi connectivity index (χ1n) is 4.91. The van der Waals surface area contributed by atoms with E-state index in [1.165, 1.54) is 8.70 Å². The summed E-state index contributed by atoms with van der Waals surface area (Å²) in [5.41, 5.74) is 8.64. The Morgan fingerprint density at radius 3 is 2.76 bits per heavy atom. The topological polar surface area (TPSA) is 64.5 Å². The number of halogens is 1. The van der Waals surface area contributed by atoms with E-state index in [1.54, 1.807) is 0 Å². The van der Waals surface area contributed by atoms with E-state index in [0.717, 1.165) is 22.3 Å². The molecule has 0 spiro atoms. The van der Waals surface area contributed by atoms with Crippen molar-refractivity contribution in [2.24, 2.45) is 0 Å². The van der Waals surface area contributed by atoms with Gasteiger partial charge in [0.2, 0.25) is 0 Å². The first-order valence-corrected chi connectivity index (χ1v) is 6.62. The second kappa shape index (κ2) is 4.49. The van der Waals surface area contributed by atoms with Gasteiger partial charge in [-0.2, -0.15) is 0 Å². The van der Waals surface area contributed by atoms with E-state index in [2.05, 4.69) is 4.98 Å². The molecule has 5 heteroatoms. The van der Waals surface area contributed by atoms with Gasteiger partial charge in [0.15, 0.2) is 0 Å². The largest absolute Gasteiger partial charge is 1.00 e. The molecule has 3 nitrogen and oxygen atoms in total. The van der Waals surface area contributed by atoms with Gasteiger partial charge in [-0.05, 0) is 0 Å². The zero-order valence-electron chi connectivity index (χ0n) is 8.85. The average molecular weight is 311 g/mol. The molecular weight excluding hydrogens is 301 g/mol. The van der Waals surface area contributed by atoms with E-state index < -0.39 is 0 Å². The molecule has 17 heavy (non-hydrogen) atoms. The Kier molecular flexibility index (Phi) is 3.20. The number of rotatable bonds is 0. The zero-order valence-corrected chi connectivity index (χ0v) is 11.3. The van der Waals surface area contributed by atoms with Crippen molar-refractivity contribution in [2.45, 2.75) is 0 Å². The number of benzene rings is 2.